The monoisotopic (exact) mass is 185 g/mol. The van der Waals surface area contributed by atoms with Gasteiger partial charge in [0.25, 0.3) is 0 Å². The summed E-state index contributed by atoms with van der Waals surface area (Å²) in [5, 5.41) is 0. The Hall–Kier alpha value is 0.177. The lowest BCUT2D eigenvalue weighted by Crippen LogP contribution is -2.41. The van der Waals surface area contributed by atoms with Gasteiger partial charge in [0.2, 0.25) is 0 Å². The molecule has 0 aromatic heterocycles. The van der Waals surface area contributed by atoms with Gasteiger partial charge in [0.15, 0.2) is 0 Å². The van der Waals surface area contributed by atoms with Gasteiger partial charge in [-0.3, -0.25) is 0 Å². The Labute approximate surface area is 78.2 Å². The van der Waals surface area contributed by atoms with Crippen LogP contribution >= 0.6 is 0 Å². The molecular weight excluding hydrogens is 162 g/mol. The van der Waals surface area contributed by atoms with Gasteiger partial charge in [0, 0.05) is 12.6 Å². The molecule has 0 saturated carbocycles. The molecule has 1 heterocycles. The van der Waals surface area contributed by atoms with E-state index in [0.29, 0.717) is 0 Å². The number of hydrogen-bond donors (Lipinski definition) is 0. The molecule has 2 unspecified atom stereocenters. The third kappa shape index (κ3) is 2.90. The molecule has 0 amide bonds. The molecule has 0 radical (unpaired) electrons. The lowest BCUT2D eigenvalue weighted by atomic mass is 10.1. The van der Waals surface area contributed by atoms with Crippen LogP contribution in [0, 0.1) is 5.92 Å². The molecule has 0 bridgehead atoms. The van der Waals surface area contributed by atoms with Gasteiger partial charge in [0.1, 0.15) is 0 Å². The molecular formula is C10H23NSi. The van der Waals surface area contributed by atoms with Crippen LogP contribution in [0.1, 0.15) is 20.3 Å². The molecule has 0 aliphatic carbocycles. The quantitative estimate of drug-likeness (QED) is 0.598. The highest BCUT2D eigenvalue weighted by molar-refractivity contribution is 6.76. The standard InChI is InChI=1S/C10H23NSi/c1-9-6-10(2)11(7-9)8-12(3,4)5/h9-10H,6-8H2,1-5H3. The maximum atomic E-state index is 2.69. The summed E-state index contributed by atoms with van der Waals surface area (Å²) in [7, 11) is -0.868. The molecule has 1 saturated heterocycles. The maximum absolute atomic E-state index is 2.69. The van der Waals surface area contributed by atoms with Crippen molar-refractivity contribution in [3.05, 3.63) is 0 Å². The lowest BCUT2D eigenvalue weighted by molar-refractivity contribution is 0.304. The van der Waals surface area contributed by atoms with Gasteiger partial charge in [-0.05, 0) is 25.4 Å². The van der Waals surface area contributed by atoms with Crippen LogP contribution in [0.3, 0.4) is 0 Å². The predicted molar refractivity (Wildman–Crippen MR) is 58.2 cm³/mol. The van der Waals surface area contributed by atoms with Gasteiger partial charge < -0.3 is 4.90 Å². The second-order valence-corrected chi connectivity index (χ2v) is 11.1. The Bertz CT molecular complexity index is 150. The van der Waals surface area contributed by atoms with E-state index < -0.39 is 8.07 Å². The van der Waals surface area contributed by atoms with E-state index in [-0.39, 0.29) is 0 Å². The number of nitrogens with zero attached hydrogens (tertiary/aromatic N) is 1. The second kappa shape index (κ2) is 3.50. The summed E-state index contributed by atoms with van der Waals surface area (Å²) in [6, 6.07) is 0.840. The zero-order valence-electron chi connectivity index (χ0n) is 9.22. The molecule has 0 aromatic rings. The van der Waals surface area contributed by atoms with Crippen molar-refractivity contribution in [3.8, 4) is 0 Å². The summed E-state index contributed by atoms with van der Waals surface area (Å²) in [4.78, 5) is 2.69. The molecule has 2 heteroatoms. The summed E-state index contributed by atoms with van der Waals surface area (Å²) < 4.78 is 0. The van der Waals surface area contributed by atoms with Crippen molar-refractivity contribution in [2.75, 3.05) is 12.7 Å². The molecule has 1 aliphatic heterocycles. The van der Waals surface area contributed by atoms with Crippen LogP contribution < -0.4 is 0 Å². The average molecular weight is 185 g/mol. The fourth-order valence-electron chi connectivity index (χ4n) is 2.22. The van der Waals surface area contributed by atoms with E-state index in [2.05, 4.69) is 38.4 Å². The fraction of sp³-hybridized carbons (Fsp3) is 1.00. The minimum Gasteiger partial charge on any atom is -0.303 e. The van der Waals surface area contributed by atoms with Crippen LogP contribution in [-0.4, -0.2) is 31.7 Å². The van der Waals surface area contributed by atoms with Crippen molar-refractivity contribution < 1.29 is 0 Å². The van der Waals surface area contributed by atoms with E-state index in [1.165, 1.54) is 19.1 Å². The third-order valence-electron chi connectivity index (χ3n) is 2.59. The second-order valence-electron chi connectivity index (χ2n) is 5.68. The van der Waals surface area contributed by atoms with Crippen LogP contribution in [0.25, 0.3) is 0 Å². The fourth-order valence-corrected chi connectivity index (χ4v) is 3.88. The van der Waals surface area contributed by atoms with E-state index >= 15 is 0 Å². The van der Waals surface area contributed by atoms with Crippen LogP contribution in [0.15, 0.2) is 0 Å². The Morgan fingerprint density at radius 1 is 1.25 bits per heavy atom. The van der Waals surface area contributed by atoms with E-state index in [0.717, 1.165) is 12.0 Å². The highest BCUT2D eigenvalue weighted by Gasteiger charge is 2.29. The number of rotatable bonds is 2. The van der Waals surface area contributed by atoms with Gasteiger partial charge >= 0.3 is 0 Å². The molecule has 0 aromatic carbocycles. The van der Waals surface area contributed by atoms with Crippen LogP contribution in [0.4, 0.5) is 0 Å². The minimum atomic E-state index is -0.868. The maximum Gasteiger partial charge on any atom is 0.0599 e. The Morgan fingerprint density at radius 2 is 1.83 bits per heavy atom. The average Bonchev–Trinajstić information content (AvgIpc) is 2.06. The number of likely N-dealkylation sites (tertiary alicyclic amines) is 1. The highest BCUT2D eigenvalue weighted by Crippen LogP contribution is 2.23. The molecule has 2 atom stereocenters. The Morgan fingerprint density at radius 3 is 2.17 bits per heavy atom. The largest absolute Gasteiger partial charge is 0.303 e. The Balaban J connectivity index is 2.43. The van der Waals surface area contributed by atoms with Crippen molar-refractivity contribution >= 4 is 8.07 Å². The lowest BCUT2D eigenvalue weighted by Gasteiger charge is -2.28. The highest BCUT2D eigenvalue weighted by atomic mass is 28.3. The Kier molecular flexibility index (Phi) is 3.00. The van der Waals surface area contributed by atoms with Crippen LogP contribution in [0.2, 0.25) is 19.6 Å². The summed E-state index contributed by atoms with van der Waals surface area (Å²) in [6.45, 7) is 13.5. The van der Waals surface area contributed by atoms with E-state index in [9.17, 15) is 0 Å². The molecule has 0 spiro atoms. The first kappa shape index (κ1) is 10.3. The normalized spacial score (nSPS) is 32.8. The summed E-state index contributed by atoms with van der Waals surface area (Å²) in [6.07, 6.45) is 2.79. The summed E-state index contributed by atoms with van der Waals surface area (Å²) >= 11 is 0. The minimum absolute atomic E-state index is 0.840. The van der Waals surface area contributed by atoms with Crippen molar-refractivity contribution in [2.24, 2.45) is 5.92 Å². The van der Waals surface area contributed by atoms with Gasteiger partial charge in [-0.15, -0.1) is 0 Å². The van der Waals surface area contributed by atoms with Gasteiger partial charge in [-0.25, -0.2) is 0 Å². The van der Waals surface area contributed by atoms with E-state index in [4.69, 9.17) is 0 Å². The smallest absolute Gasteiger partial charge is 0.0599 e. The van der Waals surface area contributed by atoms with Crippen LogP contribution in [-0.2, 0) is 0 Å². The first-order valence-electron chi connectivity index (χ1n) is 5.12. The predicted octanol–water partition coefficient (Wildman–Crippen LogP) is 2.59. The van der Waals surface area contributed by atoms with Crippen molar-refractivity contribution in [2.45, 2.75) is 46.0 Å². The topological polar surface area (TPSA) is 3.24 Å². The molecule has 72 valence electrons. The third-order valence-corrected chi connectivity index (χ3v) is 3.95. The first-order valence-corrected chi connectivity index (χ1v) is 8.83. The number of hydrogen-bond acceptors (Lipinski definition) is 1. The van der Waals surface area contributed by atoms with Gasteiger partial charge in [-0.2, -0.15) is 0 Å². The van der Waals surface area contributed by atoms with Gasteiger partial charge in [-0.1, -0.05) is 26.6 Å². The molecule has 1 fully saturated rings. The van der Waals surface area contributed by atoms with Crippen molar-refractivity contribution in [1.82, 2.24) is 4.90 Å². The van der Waals surface area contributed by atoms with Gasteiger partial charge in [0.05, 0.1) is 8.07 Å². The molecule has 0 N–H and O–H groups in total. The van der Waals surface area contributed by atoms with Crippen molar-refractivity contribution in [3.63, 3.8) is 0 Å². The summed E-state index contributed by atoms with van der Waals surface area (Å²) in [5.74, 6) is 0.927. The van der Waals surface area contributed by atoms with Crippen LogP contribution in [0.5, 0.6) is 0 Å². The van der Waals surface area contributed by atoms with Crippen molar-refractivity contribution in [1.29, 1.82) is 0 Å². The molecule has 1 aliphatic rings. The molecule has 1 rings (SSSR count). The first-order chi connectivity index (χ1) is 5.38. The molecule has 12 heavy (non-hydrogen) atoms. The molecule has 1 nitrogen and oxygen atoms in total. The zero-order chi connectivity index (χ0) is 9.35. The summed E-state index contributed by atoms with van der Waals surface area (Å²) in [5.41, 5.74) is 0. The SMILES string of the molecule is CC1CC(C)N(C[Si](C)(C)C)C1. The van der Waals surface area contributed by atoms with E-state index in [1.54, 1.807) is 0 Å². The zero-order valence-corrected chi connectivity index (χ0v) is 10.2. The van der Waals surface area contributed by atoms with E-state index in [1.807, 2.05) is 0 Å².